The number of amides is 4. The molecule has 1 aliphatic rings. The summed E-state index contributed by atoms with van der Waals surface area (Å²) in [7, 11) is 0. The van der Waals surface area contributed by atoms with Crippen LogP contribution in [-0.2, 0) is 9.59 Å². The van der Waals surface area contributed by atoms with E-state index in [2.05, 4.69) is 16.0 Å². The number of carbonyl (C=O) groups is 3. The predicted octanol–water partition coefficient (Wildman–Crippen LogP) is 1.10. The van der Waals surface area contributed by atoms with Gasteiger partial charge in [-0.25, -0.2) is 4.79 Å². The molecule has 0 radical (unpaired) electrons. The van der Waals surface area contributed by atoms with E-state index in [-0.39, 0.29) is 24.4 Å². The molecule has 0 bridgehead atoms. The van der Waals surface area contributed by atoms with E-state index in [4.69, 9.17) is 0 Å². The van der Waals surface area contributed by atoms with Gasteiger partial charge in [-0.15, -0.1) is 0 Å². The number of carbonyl (C=O) groups excluding carboxylic acids is 3. The van der Waals surface area contributed by atoms with E-state index in [1.54, 1.807) is 6.92 Å². The Hall–Kier alpha value is -2.37. The van der Waals surface area contributed by atoms with Crippen LogP contribution in [0.5, 0.6) is 0 Å². The van der Waals surface area contributed by atoms with Crippen molar-refractivity contribution in [1.29, 1.82) is 0 Å². The van der Waals surface area contributed by atoms with Gasteiger partial charge in [0.05, 0.1) is 12.0 Å². The van der Waals surface area contributed by atoms with Crippen LogP contribution in [0.4, 0.5) is 4.79 Å². The highest BCUT2D eigenvalue weighted by Gasteiger charge is 2.34. The SMILES string of the molecule is CC(NC(=O)CC1C(=O)NC(=O)NC1C)c1ccccc1. The fourth-order valence-corrected chi connectivity index (χ4v) is 2.37. The molecule has 3 atom stereocenters. The lowest BCUT2D eigenvalue weighted by atomic mass is 9.94. The molecule has 1 saturated heterocycles. The zero-order valence-corrected chi connectivity index (χ0v) is 12.1. The van der Waals surface area contributed by atoms with Crippen molar-refractivity contribution in [3.63, 3.8) is 0 Å². The predicted molar refractivity (Wildman–Crippen MR) is 77.2 cm³/mol. The highest BCUT2D eigenvalue weighted by Crippen LogP contribution is 2.15. The summed E-state index contributed by atoms with van der Waals surface area (Å²) in [5.41, 5.74) is 1.00. The molecule has 1 aromatic rings. The van der Waals surface area contributed by atoms with Gasteiger partial charge < -0.3 is 10.6 Å². The number of hydrogen-bond acceptors (Lipinski definition) is 3. The Morgan fingerprint density at radius 2 is 1.95 bits per heavy atom. The minimum atomic E-state index is -0.550. The molecule has 4 amide bonds. The van der Waals surface area contributed by atoms with E-state index in [1.807, 2.05) is 37.3 Å². The Bertz CT molecular complexity index is 544. The Balaban J connectivity index is 1.92. The van der Waals surface area contributed by atoms with Gasteiger partial charge in [-0.2, -0.15) is 0 Å². The summed E-state index contributed by atoms with van der Waals surface area (Å²) in [5, 5.41) is 7.64. The Kier molecular flexibility index (Phi) is 4.57. The van der Waals surface area contributed by atoms with Crippen molar-refractivity contribution in [3.8, 4) is 0 Å². The lowest BCUT2D eigenvalue weighted by Crippen LogP contribution is -2.57. The molecule has 21 heavy (non-hydrogen) atoms. The number of imide groups is 1. The van der Waals surface area contributed by atoms with E-state index in [0.717, 1.165) is 5.56 Å². The van der Waals surface area contributed by atoms with E-state index in [0.29, 0.717) is 0 Å². The van der Waals surface area contributed by atoms with Crippen molar-refractivity contribution < 1.29 is 14.4 Å². The zero-order chi connectivity index (χ0) is 15.4. The summed E-state index contributed by atoms with van der Waals surface area (Å²) in [6.45, 7) is 3.61. The molecular formula is C15H19N3O3. The third kappa shape index (κ3) is 3.81. The summed E-state index contributed by atoms with van der Waals surface area (Å²) in [6.07, 6.45) is 0.0461. The molecule has 0 aromatic heterocycles. The average Bonchev–Trinajstić information content (AvgIpc) is 2.43. The van der Waals surface area contributed by atoms with Crippen molar-refractivity contribution >= 4 is 17.8 Å². The van der Waals surface area contributed by atoms with Gasteiger partial charge in [-0.3, -0.25) is 14.9 Å². The molecular weight excluding hydrogens is 270 g/mol. The van der Waals surface area contributed by atoms with Crippen LogP contribution < -0.4 is 16.0 Å². The van der Waals surface area contributed by atoms with Crippen molar-refractivity contribution in [2.24, 2.45) is 5.92 Å². The Morgan fingerprint density at radius 1 is 1.29 bits per heavy atom. The highest BCUT2D eigenvalue weighted by molar-refractivity contribution is 6.00. The van der Waals surface area contributed by atoms with Crippen LogP contribution in [0.1, 0.15) is 31.9 Å². The molecule has 1 aromatic carbocycles. The molecule has 3 N–H and O–H groups in total. The fourth-order valence-electron chi connectivity index (χ4n) is 2.37. The molecule has 1 aliphatic heterocycles. The van der Waals surface area contributed by atoms with Gasteiger partial charge in [0.15, 0.2) is 0 Å². The second-order valence-corrected chi connectivity index (χ2v) is 5.26. The van der Waals surface area contributed by atoms with Gasteiger partial charge in [0.2, 0.25) is 11.8 Å². The second-order valence-electron chi connectivity index (χ2n) is 5.26. The van der Waals surface area contributed by atoms with Gasteiger partial charge in [-0.05, 0) is 19.4 Å². The largest absolute Gasteiger partial charge is 0.350 e. The van der Waals surface area contributed by atoms with Crippen LogP contribution in [0.2, 0.25) is 0 Å². The van der Waals surface area contributed by atoms with Gasteiger partial charge in [0, 0.05) is 12.5 Å². The molecule has 6 heteroatoms. The molecule has 112 valence electrons. The lowest BCUT2D eigenvalue weighted by Gasteiger charge is -2.28. The molecule has 0 saturated carbocycles. The molecule has 6 nitrogen and oxygen atoms in total. The van der Waals surface area contributed by atoms with Crippen molar-refractivity contribution in [2.45, 2.75) is 32.4 Å². The van der Waals surface area contributed by atoms with Gasteiger partial charge in [0.1, 0.15) is 0 Å². The topological polar surface area (TPSA) is 87.3 Å². The number of urea groups is 1. The maximum absolute atomic E-state index is 12.1. The molecule has 1 fully saturated rings. The van der Waals surface area contributed by atoms with Gasteiger partial charge >= 0.3 is 6.03 Å². The molecule has 3 unspecified atom stereocenters. The van der Waals surface area contributed by atoms with Crippen molar-refractivity contribution in [3.05, 3.63) is 35.9 Å². The zero-order valence-electron chi connectivity index (χ0n) is 12.1. The highest BCUT2D eigenvalue weighted by atomic mass is 16.2. The van der Waals surface area contributed by atoms with Crippen LogP contribution in [0.25, 0.3) is 0 Å². The maximum atomic E-state index is 12.1. The maximum Gasteiger partial charge on any atom is 0.321 e. The van der Waals surface area contributed by atoms with Crippen LogP contribution in [-0.4, -0.2) is 23.9 Å². The van der Waals surface area contributed by atoms with E-state index >= 15 is 0 Å². The average molecular weight is 289 g/mol. The molecule has 2 rings (SSSR count). The molecule has 0 aliphatic carbocycles. The number of rotatable bonds is 4. The summed E-state index contributed by atoms with van der Waals surface area (Å²) in [6, 6.07) is 8.59. The van der Waals surface area contributed by atoms with Crippen molar-refractivity contribution in [1.82, 2.24) is 16.0 Å². The fraction of sp³-hybridized carbons (Fsp3) is 0.400. The minimum Gasteiger partial charge on any atom is -0.350 e. The summed E-state index contributed by atoms with van der Waals surface area (Å²) < 4.78 is 0. The van der Waals surface area contributed by atoms with E-state index in [1.165, 1.54) is 0 Å². The van der Waals surface area contributed by atoms with Crippen LogP contribution in [0.15, 0.2) is 30.3 Å². The molecule has 0 spiro atoms. The monoisotopic (exact) mass is 289 g/mol. The minimum absolute atomic E-state index is 0.0461. The standard InChI is InChI=1S/C15H19N3O3/c1-9(11-6-4-3-5-7-11)16-13(19)8-12-10(2)17-15(21)18-14(12)20/h3-7,9-10,12H,8H2,1-2H3,(H,16,19)(H2,17,18,20,21). The normalized spacial score (nSPS) is 23.0. The summed E-state index contributed by atoms with van der Waals surface area (Å²) in [4.78, 5) is 35.0. The Labute approximate surface area is 123 Å². The number of nitrogens with one attached hydrogen (secondary N) is 3. The smallest absolute Gasteiger partial charge is 0.321 e. The Morgan fingerprint density at radius 3 is 2.57 bits per heavy atom. The first-order valence-corrected chi connectivity index (χ1v) is 6.93. The quantitative estimate of drug-likeness (QED) is 0.775. The molecule has 1 heterocycles. The third-order valence-electron chi connectivity index (χ3n) is 3.62. The van der Waals surface area contributed by atoms with Crippen LogP contribution >= 0.6 is 0 Å². The van der Waals surface area contributed by atoms with Gasteiger partial charge in [0.25, 0.3) is 0 Å². The summed E-state index contributed by atoms with van der Waals surface area (Å²) >= 11 is 0. The summed E-state index contributed by atoms with van der Waals surface area (Å²) in [5.74, 6) is -1.17. The number of hydrogen-bond donors (Lipinski definition) is 3. The number of benzene rings is 1. The first-order valence-electron chi connectivity index (χ1n) is 6.93. The first kappa shape index (κ1) is 15.0. The lowest BCUT2D eigenvalue weighted by molar-refractivity contribution is -0.131. The van der Waals surface area contributed by atoms with Crippen LogP contribution in [0.3, 0.4) is 0 Å². The van der Waals surface area contributed by atoms with Gasteiger partial charge in [-0.1, -0.05) is 30.3 Å². The van der Waals surface area contributed by atoms with Crippen LogP contribution in [0, 0.1) is 5.92 Å². The van der Waals surface area contributed by atoms with E-state index in [9.17, 15) is 14.4 Å². The third-order valence-corrected chi connectivity index (χ3v) is 3.62. The van der Waals surface area contributed by atoms with E-state index < -0.39 is 17.9 Å². The second kappa shape index (κ2) is 6.39. The van der Waals surface area contributed by atoms with Crippen molar-refractivity contribution in [2.75, 3.05) is 0 Å². The first-order chi connectivity index (χ1) is 9.97.